The molecule has 0 atom stereocenters. The SMILES string of the molecule is O=C(c1ccc(Cl)nc1)c1ccc2ncccc2c1. The Bertz CT molecular complexity index is 753. The zero-order valence-corrected chi connectivity index (χ0v) is 10.6. The van der Waals surface area contributed by atoms with Gasteiger partial charge in [0.1, 0.15) is 5.15 Å². The highest BCUT2D eigenvalue weighted by molar-refractivity contribution is 6.29. The van der Waals surface area contributed by atoms with Gasteiger partial charge in [0.2, 0.25) is 0 Å². The zero-order chi connectivity index (χ0) is 13.2. The van der Waals surface area contributed by atoms with Gasteiger partial charge in [-0.3, -0.25) is 9.78 Å². The first-order chi connectivity index (χ1) is 9.24. The third-order valence-electron chi connectivity index (χ3n) is 2.85. The third kappa shape index (κ3) is 2.33. The van der Waals surface area contributed by atoms with Gasteiger partial charge < -0.3 is 0 Å². The molecule has 1 aromatic carbocycles. The molecule has 0 unspecified atom stereocenters. The second-order valence-electron chi connectivity index (χ2n) is 4.11. The summed E-state index contributed by atoms with van der Waals surface area (Å²) in [5, 5.41) is 1.31. The van der Waals surface area contributed by atoms with Crippen LogP contribution in [0, 0.1) is 0 Å². The Balaban J connectivity index is 2.04. The number of pyridine rings is 2. The fourth-order valence-electron chi connectivity index (χ4n) is 1.89. The largest absolute Gasteiger partial charge is 0.289 e. The van der Waals surface area contributed by atoms with Gasteiger partial charge in [0.15, 0.2) is 5.78 Å². The number of rotatable bonds is 2. The number of carbonyl (C=O) groups is 1. The molecule has 0 amide bonds. The molecule has 0 aliphatic heterocycles. The number of benzene rings is 1. The highest BCUT2D eigenvalue weighted by atomic mass is 35.5. The number of halogens is 1. The molecule has 0 saturated carbocycles. The van der Waals surface area contributed by atoms with Crippen molar-refractivity contribution in [2.24, 2.45) is 0 Å². The van der Waals surface area contributed by atoms with Crippen LogP contribution in [0.5, 0.6) is 0 Å². The standard InChI is InChI=1S/C15H9ClN2O/c16-14-6-4-12(9-18-14)15(19)11-3-5-13-10(8-11)2-1-7-17-13/h1-9H. The molecule has 3 aromatic rings. The lowest BCUT2D eigenvalue weighted by molar-refractivity contribution is 0.103. The summed E-state index contributed by atoms with van der Waals surface area (Å²) in [6.45, 7) is 0. The van der Waals surface area contributed by atoms with Gasteiger partial charge in [0, 0.05) is 28.9 Å². The van der Waals surface area contributed by atoms with Gasteiger partial charge in [-0.05, 0) is 36.4 Å². The summed E-state index contributed by atoms with van der Waals surface area (Å²) in [4.78, 5) is 20.4. The Morgan fingerprint density at radius 1 is 1.00 bits per heavy atom. The van der Waals surface area contributed by atoms with Gasteiger partial charge in [-0.2, -0.15) is 0 Å². The lowest BCUT2D eigenvalue weighted by atomic mass is 10.0. The van der Waals surface area contributed by atoms with Crippen molar-refractivity contribution in [3.05, 3.63) is 71.1 Å². The van der Waals surface area contributed by atoms with Crippen molar-refractivity contribution in [3.8, 4) is 0 Å². The average molecular weight is 269 g/mol. The van der Waals surface area contributed by atoms with Gasteiger partial charge in [-0.25, -0.2) is 4.98 Å². The first kappa shape index (κ1) is 11.8. The topological polar surface area (TPSA) is 42.9 Å². The van der Waals surface area contributed by atoms with E-state index >= 15 is 0 Å². The van der Waals surface area contributed by atoms with Crippen LogP contribution in [0.2, 0.25) is 5.15 Å². The molecule has 0 N–H and O–H groups in total. The van der Waals surface area contributed by atoms with E-state index in [0.29, 0.717) is 16.3 Å². The van der Waals surface area contributed by atoms with Gasteiger partial charge in [-0.15, -0.1) is 0 Å². The molecular formula is C15H9ClN2O. The zero-order valence-electron chi connectivity index (χ0n) is 9.88. The molecule has 2 heterocycles. The number of ketones is 1. The third-order valence-corrected chi connectivity index (χ3v) is 3.08. The number of carbonyl (C=O) groups excluding carboxylic acids is 1. The Kier molecular flexibility index (Phi) is 2.97. The number of hydrogen-bond donors (Lipinski definition) is 0. The molecule has 0 bridgehead atoms. The van der Waals surface area contributed by atoms with Crippen LogP contribution in [0.25, 0.3) is 10.9 Å². The molecule has 0 aliphatic rings. The maximum Gasteiger partial charge on any atom is 0.194 e. The van der Waals surface area contributed by atoms with Gasteiger partial charge >= 0.3 is 0 Å². The minimum Gasteiger partial charge on any atom is -0.289 e. The Labute approximate surface area is 114 Å². The lowest BCUT2D eigenvalue weighted by Crippen LogP contribution is -2.01. The van der Waals surface area contributed by atoms with Crippen LogP contribution in [0.4, 0.5) is 0 Å². The fraction of sp³-hybridized carbons (Fsp3) is 0. The number of aromatic nitrogens is 2. The molecule has 4 heteroatoms. The molecule has 0 aliphatic carbocycles. The van der Waals surface area contributed by atoms with Crippen molar-refractivity contribution in [1.82, 2.24) is 9.97 Å². The van der Waals surface area contributed by atoms with Crippen molar-refractivity contribution in [3.63, 3.8) is 0 Å². The number of nitrogens with zero attached hydrogens (tertiary/aromatic N) is 2. The minimum absolute atomic E-state index is 0.0741. The van der Waals surface area contributed by atoms with Crippen molar-refractivity contribution in [2.75, 3.05) is 0 Å². The quantitative estimate of drug-likeness (QED) is 0.528. The maximum atomic E-state index is 12.3. The van der Waals surface area contributed by atoms with Crippen molar-refractivity contribution < 1.29 is 4.79 Å². The molecule has 0 spiro atoms. The molecule has 3 nitrogen and oxygen atoms in total. The summed E-state index contributed by atoms with van der Waals surface area (Å²) in [5.74, 6) is -0.0741. The molecule has 2 aromatic heterocycles. The predicted octanol–water partition coefficient (Wildman–Crippen LogP) is 3.51. The van der Waals surface area contributed by atoms with E-state index in [1.54, 1.807) is 24.4 Å². The molecule has 0 radical (unpaired) electrons. The molecule has 0 fully saturated rings. The smallest absolute Gasteiger partial charge is 0.194 e. The Hall–Kier alpha value is -2.26. The van der Waals surface area contributed by atoms with Gasteiger partial charge in [0.25, 0.3) is 0 Å². The molecule has 3 rings (SSSR count). The summed E-state index contributed by atoms with van der Waals surface area (Å²) < 4.78 is 0. The summed E-state index contributed by atoms with van der Waals surface area (Å²) in [6.07, 6.45) is 3.21. The van der Waals surface area contributed by atoms with Gasteiger partial charge in [-0.1, -0.05) is 17.7 Å². The van der Waals surface area contributed by atoms with Crippen molar-refractivity contribution >= 4 is 28.3 Å². The monoisotopic (exact) mass is 268 g/mol. The van der Waals surface area contributed by atoms with Crippen LogP contribution in [-0.4, -0.2) is 15.8 Å². The second kappa shape index (κ2) is 4.78. The van der Waals surface area contributed by atoms with E-state index in [9.17, 15) is 4.79 Å². The molecule has 19 heavy (non-hydrogen) atoms. The molecule has 0 saturated heterocycles. The average Bonchev–Trinajstić information content (AvgIpc) is 2.47. The summed E-state index contributed by atoms with van der Waals surface area (Å²) in [5.41, 5.74) is 2.01. The van der Waals surface area contributed by atoms with Crippen LogP contribution < -0.4 is 0 Å². The van der Waals surface area contributed by atoms with Crippen molar-refractivity contribution in [1.29, 1.82) is 0 Å². The van der Waals surface area contributed by atoms with Crippen LogP contribution in [0.3, 0.4) is 0 Å². The first-order valence-electron chi connectivity index (χ1n) is 5.75. The van der Waals surface area contributed by atoms with E-state index in [0.717, 1.165) is 10.9 Å². The molecular weight excluding hydrogens is 260 g/mol. The lowest BCUT2D eigenvalue weighted by Gasteiger charge is -2.03. The van der Waals surface area contributed by atoms with Crippen LogP contribution in [-0.2, 0) is 0 Å². The summed E-state index contributed by atoms with van der Waals surface area (Å²) in [7, 11) is 0. The van der Waals surface area contributed by atoms with E-state index < -0.39 is 0 Å². The van der Waals surface area contributed by atoms with Crippen LogP contribution >= 0.6 is 11.6 Å². The highest BCUT2D eigenvalue weighted by Gasteiger charge is 2.10. The second-order valence-corrected chi connectivity index (χ2v) is 4.50. The predicted molar refractivity (Wildman–Crippen MR) is 74.4 cm³/mol. The Morgan fingerprint density at radius 3 is 2.63 bits per heavy atom. The fourth-order valence-corrected chi connectivity index (χ4v) is 2.01. The van der Waals surface area contributed by atoms with Gasteiger partial charge in [0.05, 0.1) is 5.52 Å². The molecule has 92 valence electrons. The van der Waals surface area contributed by atoms with Crippen LogP contribution in [0.15, 0.2) is 54.9 Å². The summed E-state index contributed by atoms with van der Waals surface area (Å²) >= 11 is 5.71. The highest BCUT2D eigenvalue weighted by Crippen LogP contribution is 2.17. The summed E-state index contributed by atoms with van der Waals surface area (Å²) in [6, 6.07) is 12.5. The van der Waals surface area contributed by atoms with E-state index in [4.69, 9.17) is 11.6 Å². The van der Waals surface area contributed by atoms with E-state index in [-0.39, 0.29) is 5.78 Å². The number of hydrogen-bond acceptors (Lipinski definition) is 3. The normalized spacial score (nSPS) is 10.6. The van der Waals surface area contributed by atoms with E-state index in [1.807, 2.05) is 24.3 Å². The van der Waals surface area contributed by atoms with E-state index in [2.05, 4.69) is 9.97 Å². The minimum atomic E-state index is -0.0741. The van der Waals surface area contributed by atoms with E-state index in [1.165, 1.54) is 6.20 Å². The first-order valence-corrected chi connectivity index (χ1v) is 6.13. The van der Waals surface area contributed by atoms with Crippen LogP contribution in [0.1, 0.15) is 15.9 Å². The van der Waals surface area contributed by atoms with Crippen molar-refractivity contribution in [2.45, 2.75) is 0 Å². The maximum absolute atomic E-state index is 12.3. The number of fused-ring (bicyclic) bond motifs is 1. The Morgan fingerprint density at radius 2 is 1.84 bits per heavy atom.